The van der Waals surface area contributed by atoms with E-state index in [1.807, 2.05) is 0 Å². The average Bonchev–Trinajstić information content (AvgIpc) is 3.42. The van der Waals surface area contributed by atoms with Gasteiger partial charge in [-0.25, -0.2) is 9.78 Å². The Morgan fingerprint density at radius 2 is 1.79 bits per heavy atom. The van der Waals surface area contributed by atoms with E-state index in [1.165, 1.54) is 54.9 Å². The van der Waals surface area contributed by atoms with Crippen molar-refractivity contribution < 1.29 is 35.4 Å². The number of fused-ring (bicyclic) bond motifs is 1. The molecule has 10 nitrogen and oxygen atoms in total. The second-order valence-electron chi connectivity index (χ2n) is 8.78. The summed E-state index contributed by atoms with van der Waals surface area (Å²) in [4.78, 5) is 24.2. The molecule has 0 aliphatic heterocycles. The first-order chi connectivity index (χ1) is 19.9. The zero-order valence-corrected chi connectivity index (χ0v) is 23.0. The van der Waals surface area contributed by atoms with Crippen LogP contribution in [-0.2, 0) is 20.6 Å². The van der Waals surface area contributed by atoms with Gasteiger partial charge in [0.1, 0.15) is 17.6 Å². The van der Waals surface area contributed by atoms with Gasteiger partial charge in [-0.05, 0) is 55.5 Å². The molecule has 2 N–H and O–H groups in total. The highest BCUT2D eigenvalue weighted by molar-refractivity contribution is 7.86. The Kier molecular flexibility index (Phi) is 7.77. The summed E-state index contributed by atoms with van der Waals surface area (Å²) in [5, 5.41) is 2.36. The number of aromatic amines is 1. The van der Waals surface area contributed by atoms with Gasteiger partial charge in [-0.1, -0.05) is 35.4 Å². The van der Waals surface area contributed by atoms with Crippen molar-refractivity contribution in [2.75, 3.05) is 10.4 Å². The van der Waals surface area contributed by atoms with Crippen molar-refractivity contribution in [1.29, 1.82) is 0 Å². The fourth-order valence-electron chi connectivity index (χ4n) is 3.73. The quantitative estimate of drug-likeness (QED) is 0.187. The van der Waals surface area contributed by atoms with Crippen LogP contribution in [0.4, 0.5) is 29.3 Å². The van der Waals surface area contributed by atoms with Gasteiger partial charge in [-0.2, -0.15) is 31.6 Å². The number of H-pyrrole nitrogens is 1. The molecule has 2 amide bonds. The Morgan fingerprint density at radius 3 is 2.50 bits per heavy atom. The van der Waals surface area contributed by atoms with E-state index >= 15 is 0 Å². The fourth-order valence-corrected chi connectivity index (χ4v) is 4.88. The number of halogens is 4. The molecule has 0 radical (unpaired) electrons. The summed E-state index contributed by atoms with van der Waals surface area (Å²) < 4.78 is 76.9. The van der Waals surface area contributed by atoms with Gasteiger partial charge in [-0.15, -0.1) is 4.28 Å². The zero-order chi connectivity index (χ0) is 30.1. The molecule has 5 aromatic rings. The molecular weight excluding hydrogens is 599 g/mol. The third-order valence-electron chi connectivity index (χ3n) is 5.77. The van der Waals surface area contributed by atoms with E-state index in [-0.39, 0.29) is 32.9 Å². The van der Waals surface area contributed by atoms with Crippen molar-refractivity contribution in [3.63, 3.8) is 0 Å². The van der Waals surface area contributed by atoms with Gasteiger partial charge in [0.25, 0.3) is 0 Å². The van der Waals surface area contributed by atoms with E-state index in [0.29, 0.717) is 22.2 Å². The fraction of sp³-hybridized carbons (Fsp3) is 0.0741. The second kappa shape index (κ2) is 11.3. The summed E-state index contributed by atoms with van der Waals surface area (Å²) in [7, 11) is -4.61. The van der Waals surface area contributed by atoms with Gasteiger partial charge in [0, 0.05) is 18.0 Å². The number of nitrogens with one attached hydrogen (secondary N) is 2. The number of rotatable bonds is 7. The van der Waals surface area contributed by atoms with E-state index in [4.69, 9.17) is 20.6 Å². The number of benzene rings is 3. The molecule has 5 rings (SSSR count). The first-order valence-corrected chi connectivity index (χ1v) is 13.7. The van der Waals surface area contributed by atoms with Crippen LogP contribution in [0, 0.1) is 6.92 Å². The predicted molar refractivity (Wildman–Crippen MR) is 148 cm³/mol. The van der Waals surface area contributed by atoms with Gasteiger partial charge >= 0.3 is 22.3 Å². The SMILES string of the molecule is Cc1ccc(S(=O)(=O)ON(C(=O)Nc2cccc(C(F)(F)F)c2)c2ccc(Oc3ncnc4cc[nH]c34)cc2Cl)cc1. The largest absolute Gasteiger partial charge is 0.437 e. The Balaban J connectivity index is 1.48. The normalized spacial score (nSPS) is 11.8. The van der Waals surface area contributed by atoms with Crippen molar-refractivity contribution in [3.05, 3.63) is 101 Å². The number of hydrogen-bond donors (Lipinski definition) is 2. The lowest BCUT2D eigenvalue weighted by atomic mass is 10.2. The van der Waals surface area contributed by atoms with E-state index in [9.17, 15) is 26.4 Å². The van der Waals surface area contributed by atoms with Crippen molar-refractivity contribution in [2.45, 2.75) is 18.0 Å². The molecule has 2 aromatic heterocycles. The Morgan fingerprint density at radius 1 is 1.02 bits per heavy atom. The van der Waals surface area contributed by atoms with Crippen LogP contribution in [-0.4, -0.2) is 29.4 Å². The van der Waals surface area contributed by atoms with E-state index in [2.05, 4.69) is 20.3 Å². The second-order valence-corrected chi connectivity index (χ2v) is 10.7. The lowest BCUT2D eigenvalue weighted by molar-refractivity contribution is -0.137. The molecule has 0 atom stereocenters. The van der Waals surface area contributed by atoms with Crippen molar-refractivity contribution in [1.82, 2.24) is 15.0 Å². The van der Waals surface area contributed by atoms with Crippen LogP contribution in [0.3, 0.4) is 0 Å². The predicted octanol–water partition coefficient (Wildman–Crippen LogP) is 7.09. The Bertz CT molecular complexity index is 1880. The van der Waals surface area contributed by atoms with Gasteiger partial charge < -0.3 is 15.0 Å². The molecule has 0 aliphatic carbocycles. The number of anilines is 2. The van der Waals surface area contributed by atoms with Crippen molar-refractivity contribution >= 4 is 50.2 Å². The highest BCUT2D eigenvalue weighted by atomic mass is 35.5. The van der Waals surface area contributed by atoms with Crippen LogP contribution in [0.1, 0.15) is 11.1 Å². The molecule has 3 aromatic carbocycles. The van der Waals surface area contributed by atoms with E-state index in [1.54, 1.807) is 19.2 Å². The van der Waals surface area contributed by atoms with Gasteiger partial charge in [0.05, 0.1) is 26.7 Å². The molecule has 42 heavy (non-hydrogen) atoms. The third-order valence-corrected chi connectivity index (χ3v) is 7.27. The number of carbonyl (C=O) groups excluding carboxylic acids is 1. The molecule has 15 heteroatoms. The van der Waals surface area contributed by atoms with Crippen molar-refractivity contribution in [3.8, 4) is 11.6 Å². The number of aryl methyl sites for hydroxylation is 1. The summed E-state index contributed by atoms with van der Waals surface area (Å²) in [6.45, 7) is 1.75. The van der Waals surface area contributed by atoms with Crippen LogP contribution in [0.5, 0.6) is 11.6 Å². The minimum absolute atomic E-state index is 0.165. The topological polar surface area (TPSA) is 127 Å². The molecule has 0 unspecified atom stereocenters. The monoisotopic (exact) mass is 617 g/mol. The van der Waals surface area contributed by atoms with Crippen molar-refractivity contribution in [2.24, 2.45) is 0 Å². The molecule has 0 aliphatic rings. The minimum Gasteiger partial charge on any atom is -0.437 e. The van der Waals surface area contributed by atoms with E-state index in [0.717, 1.165) is 17.7 Å². The number of hydroxylamine groups is 1. The molecule has 2 heterocycles. The number of urea groups is 1. The van der Waals surface area contributed by atoms with Gasteiger partial charge in [0.15, 0.2) is 0 Å². The number of amides is 2. The minimum atomic E-state index is -4.68. The average molecular weight is 618 g/mol. The molecule has 0 saturated carbocycles. The number of ether oxygens (including phenoxy) is 1. The standard InChI is InChI=1S/C27H19ClF3N5O5S/c1-16-5-8-20(9-6-16)42(38,39)41-36(26(37)35-18-4-2-3-17(13-18)27(29,30)31)23-10-7-19(14-21(23)28)40-25-24-22(11-12-32-24)33-15-34-25/h2-15,32H,1H3,(H,35,37). The maximum Gasteiger partial charge on any atom is 0.416 e. The van der Waals surface area contributed by atoms with Crippen LogP contribution in [0.25, 0.3) is 11.0 Å². The number of aromatic nitrogens is 3. The maximum atomic E-state index is 13.3. The highest BCUT2D eigenvalue weighted by Crippen LogP contribution is 2.35. The van der Waals surface area contributed by atoms with Gasteiger partial charge in [-0.3, -0.25) is 0 Å². The lowest BCUT2D eigenvalue weighted by Gasteiger charge is -2.23. The molecule has 0 spiro atoms. The van der Waals surface area contributed by atoms with Crippen LogP contribution < -0.4 is 15.1 Å². The number of alkyl halides is 3. The lowest BCUT2D eigenvalue weighted by Crippen LogP contribution is -2.37. The van der Waals surface area contributed by atoms with Crippen LogP contribution in [0.15, 0.2) is 90.2 Å². The highest BCUT2D eigenvalue weighted by Gasteiger charge is 2.32. The summed E-state index contributed by atoms with van der Waals surface area (Å²) in [6, 6.07) is 13.7. The maximum absolute atomic E-state index is 13.3. The summed E-state index contributed by atoms with van der Waals surface area (Å²) in [5.41, 5.74) is 0.317. The van der Waals surface area contributed by atoms with Crippen LogP contribution >= 0.6 is 11.6 Å². The first kappa shape index (κ1) is 28.9. The molecule has 216 valence electrons. The first-order valence-electron chi connectivity index (χ1n) is 12.0. The molecule has 0 bridgehead atoms. The number of hydrogen-bond acceptors (Lipinski definition) is 7. The Labute approximate surface area is 241 Å². The molecular formula is C27H19ClF3N5O5S. The third kappa shape index (κ3) is 6.30. The molecule has 0 saturated heterocycles. The number of carbonyl (C=O) groups is 1. The summed E-state index contributed by atoms with van der Waals surface area (Å²) in [6.07, 6.45) is -1.74. The number of nitrogens with zero attached hydrogens (tertiary/aromatic N) is 3. The van der Waals surface area contributed by atoms with Gasteiger partial charge in [0.2, 0.25) is 5.88 Å². The zero-order valence-electron chi connectivity index (χ0n) is 21.4. The van der Waals surface area contributed by atoms with E-state index < -0.39 is 27.9 Å². The smallest absolute Gasteiger partial charge is 0.416 e. The summed E-state index contributed by atoms with van der Waals surface area (Å²) >= 11 is 6.45. The Hall–Kier alpha value is -4.66. The summed E-state index contributed by atoms with van der Waals surface area (Å²) in [5.74, 6) is 0.337. The molecule has 0 fully saturated rings. The van der Waals surface area contributed by atoms with Crippen LogP contribution in [0.2, 0.25) is 5.02 Å².